The lowest BCUT2D eigenvalue weighted by atomic mass is 9.99. The first kappa shape index (κ1) is 12.9. The first-order chi connectivity index (χ1) is 9.63. The fraction of sp³-hybridized carbons (Fsp3) is 0.133. The summed E-state index contributed by atoms with van der Waals surface area (Å²) in [5.41, 5.74) is 5.31. The summed E-state index contributed by atoms with van der Waals surface area (Å²) in [6.45, 7) is 0. The molecule has 3 rings (SSSR count). The molecule has 102 valence electrons. The molecule has 3 nitrogen and oxygen atoms in total. The second-order valence-corrected chi connectivity index (χ2v) is 5.09. The monoisotopic (exact) mass is 290 g/mol. The fourth-order valence-electron chi connectivity index (χ4n) is 2.24. The number of rotatable bonds is 2. The zero-order chi connectivity index (χ0) is 14.1. The van der Waals surface area contributed by atoms with Crippen LogP contribution in [0.1, 0.15) is 23.6 Å². The van der Waals surface area contributed by atoms with Gasteiger partial charge >= 0.3 is 0 Å². The maximum absolute atomic E-state index is 12.9. The predicted octanol–water partition coefficient (Wildman–Crippen LogP) is 3.62. The molecule has 0 saturated carbocycles. The molecule has 2 N–H and O–H groups in total. The summed E-state index contributed by atoms with van der Waals surface area (Å²) in [5, 5.41) is 14.7. The Kier molecular flexibility index (Phi) is 3.32. The summed E-state index contributed by atoms with van der Waals surface area (Å²) in [6.07, 6.45) is 0.611. The first-order valence-electron chi connectivity index (χ1n) is 6.20. The molecular weight excluding hydrogens is 279 g/mol. The van der Waals surface area contributed by atoms with Crippen molar-refractivity contribution in [3.8, 4) is 5.75 Å². The van der Waals surface area contributed by atoms with Gasteiger partial charge < -0.3 is 10.5 Å². The number of hydrazone groups is 1. The summed E-state index contributed by atoms with van der Waals surface area (Å²) in [7, 11) is 0. The topological polar surface area (TPSA) is 44.6 Å². The number of hydrogen-bond acceptors (Lipinski definition) is 3. The Morgan fingerprint density at radius 3 is 2.70 bits per heavy atom. The number of hydrogen-bond donors (Lipinski definition) is 2. The van der Waals surface area contributed by atoms with E-state index >= 15 is 0 Å². The third-order valence-electron chi connectivity index (χ3n) is 3.29. The highest BCUT2D eigenvalue weighted by molar-refractivity contribution is 6.31. The summed E-state index contributed by atoms with van der Waals surface area (Å²) in [6, 6.07) is 11.1. The van der Waals surface area contributed by atoms with Gasteiger partial charge in [-0.15, -0.1) is 0 Å². The van der Waals surface area contributed by atoms with E-state index in [1.165, 1.54) is 12.1 Å². The number of nitrogens with zero attached hydrogens (tertiary/aromatic N) is 1. The molecule has 0 unspecified atom stereocenters. The quantitative estimate of drug-likeness (QED) is 0.887. The number of nitrogens with one attached hydrogen (secondary N) is 1. The van der Waals surface area contributed by atoms with Crippen molar-refractivity contribution < 1.29 is 9.50 Å². The van der Waals surface area contributed by atoms with Crippen molar-refractivity contribution in [2.24, 2.45) is 5.10 Å². The molecule has 0 saturated heterocycles. The highest BCUT2D eigenvalue weighted by Crippen LogP contribution is 2.29. The Morgan fingerprint density at radius 1 is 1.20 bits per heavy atom. The van der Waals surface area contributed by atoms with E-state index in [9.17, 15) is 9.50 Å². The van der Waals surface area contributed by atoms with Gasteiger partial charge in [0.2, 0.25) is 0 Å². The summed E-state index contributed by atoms with van der Waals surface area (Å²) in [4.78, 5) is 0. The van der Waals surface area contributed by atoms with E-state index in [1.807, 2.05) is 0 Å². The molecule has 0 aliphatic carbocycles. The minimum atomic E-state index is -0.264. The van der Waals surface area contributed by atoms with Gasteiger partial charge in [0.15, 0.2) is 0 Å². The number of benzene rings is 2. The Morgan fingerprint density at radius 2 is 1.95 bits per heavy atom. The van der Waals surface area contributed by atoms with E-state index < -0.39 is 0 Å². The number of aromatic hydroxyl groups is 1. The molecule has 5 heteroatoms. The lowest BCUT2D eigenvalue weighted by Crippen LogP contribution is -2.09. The van der Waals surface area contributed by atoms with Crippen molar-refractivity contribution in [3.05, 3.63) is 64.4 Å². The zero-order valence-electron chi connectivity index (χ0n) is 10.5. The van der Waals surface area contributed by atoms with Crippen LogP contribution in [-0.2, 0) is 0 Å². The van der Waals surface area contributed by atoms with Gasteiger partial charge in [-0.3, -0.25) is 0 Å². The van der Waals surface area contributed by atoms with Gasteiger partial charge in [0.05, 0.1) is 11.8 Å². The van der Waals surface area contributed by atoms with Crippen molar-refractivity contribution in [3.63, 3.8) is 0 Å². The molecule has 1 aliphatic heterocycles. The van der Waals surface area contributed by atoms with Crippen molar-refractivity contribution in [2.45, 2.75) is 12.5 Å². The van der Waals surface area contributed by atoms with Crippen molar-refractivity contribution >= 4 is 17.3 Å². The van der Waals surface area contributed by atoms with Gasteiger partial charge in [-0.05, 0) is 35.9 Å². The molecule has 0 amide bonds. The molecule has 0 fully saturated rings. The van der Waals surface area contributed by atoms with Gasteiger partial charge in [0.1, 0.15) is 11.6 Å². The molecule has 2 aromatic rings. The smallest absolute Gasteiger partial charge is 0.124 e. The standard InChI is InChI=1S/C15H12ClFN2O/c16-10-3-6-15(20)12(7-10)14-8-13(18-19-14)9-1-4-11(17)5-2-9/h1-7,13,18,20H,8H2/t13-/m0/s1. The maximum Gasteiger partial charge on any atom is 0.124 e. The molecular formula is C15H12ClFN2O. The van der Waals surface area contributed by atoms with Gasteiger partial charge in [0, 0.05) is 17.0 Å². The predicted molar refractivity (Wildman–Crippen MR) is 76.5 cm³/mol. The van der Waals surface area contributed by atoms with Crippen LogP contribution in [0.2, 0.25) is 5.02 Å². The van der Waals surface area contributed by atoms with Gasteiger partial charge in [-0.1, -0.05) is 23.7 Å². The molecule has 1 atom stereocenters. The minimum Gasteiger partial charge on any atom is -0.507 e. The van der Waals surface area contributed by atoms with Crippen LogP contribution in [0.4, 0.5) is 4.39 Å². The van der Waals surface area contributed by atoms with E-state index in [1.54, 1.807) is 30.3 Å². The van der Waals surface area contributed by atoms with Crippen molar-refractivity contribution in [2.75, 3.05) is 0 Å². The second-order valence-electron chi connectivity index (χ2n) is 4.66. The normalized spacial score (nSPS) is 17.7. The summed E-state index contributed by atoms with van der Waals surface area (Å²) >= 11 is 5.94. The van der Waals surface area contributed by atoms with E-state index in [0.717, 1.165) is 11.3 Å². The molecule has 0 spiro atoms. The lowest BCUT2D eigenvalue weighted by molar-refractivity contribution is 0.474. The Labute approximate surface area is 120 Å². The van der Waals surface area contributed by atoms with E-state index in [4.69, 9.17) is 11.6 Å². The molecule has 0 bridgehead atoms. The van der Waals surface area contributed by atoms with E-state index in [2.05, 4.69) is 10.5 Å². The Hall–Kier alpha value is -2.07. The summed E-state index contributed by atoms with van der Waals surface area (Å²) in [5.74, 6) is -0.116. The molecule has 0 radical (unpaired) electrons. The average Bonchev–Trinajstić information content (AvgIpc) is 2.92. The third kappa shape index (κ3) is 2.47. The highest BCUT2D eigenvalue weighted by Gasteiger charge is 2.23. The third-order valence-corrected chi connectivity index (χ3v) is 3.53. The van der Waals surface area contributed by atoms with Crippen molar-refractivity contribution in [1.82, 2.24) is 5.43 Å². The average molecular weight is 291 g/mol. The van der Waals surface area contributed by atoms with Gasteiger partial charge in [0.25, 0.3) is 0 Å². The van der Waals surface area contributed by atoms with Crippen LogP contribution < -0.4 is 5.43 Å². The number of phenols is 1. The summed E-state index contributed by atoms with van der Waals surface area (Å²) < 4.78 is 12.9. The Bertz CT molecular complexity index is 670. The molecule has 2 aromatic carbocycles. The van der Waals surface area contributed by atoms with Crippen LogP contribution in [-0.4, -0.2) is 10.8 Å². The van der Waals surface area contributed by atoms with E-state index in [0.29, 0.717) is 17.0 Å². The van der Waals surface area contributed by atoms with E-state index in [-0.39, 0.29) is 17.6 Å². The highest BCUT2D eigenvalue weighted by atomic mass is 35.5. The van der Waals surface area contributed by atoms with Gasteiger partial charge in [-0.25, -0.2) is 4.39 Å². The zero-order valence-corrected chi connectivity index (χ0v) is 11.2. The first-order valence-corrected chi connectivity index (χ1v) is 6.58. The lowest BCUT2D eigenvalue weighted by Gasteiger charge is -2.10. The minimum absolute atomic E-state index is 0.0241. The number of halogens is 2. The van der Waals surface area contributed by atoms with Gasteiger partial charge in [-0.2, -0.15) is 5.10 Å². The van der Waals surface area contributed by atoms with Crippen LogP contribution in [0.3, 0.4) is 0 Å². The van der Waals surface area contributed by atoms with Crippen LogP contribution in [0.5, 0.6) is 5.75 Å². The Balaban J connectivity index is 1.82. The molecule has 1 heterocycles. The van der Waals surface area contributed by atoms with Crippen LogP contribution >= 0.6 is 11.6 Å². The molecule has 1 aliphatic rings. The van der Waals surface area contributed by atoms with Crippen LogP contribution in [0.25, 0.3) is 0 Å². The van der Waals surface area contributed by atoms with Crippen molar-refractivity contribution in [1.29, 1.82) is 0 Å². The maximum atomic E-state index is 12.9. The SMILES string of the molecule is Oc1ccc(Cl)cc1C1=NN[C@H](c2ccc(F)cc2)C1. The second kappa shape index (κ2) is 5.13. The molecule has 20 heavy (non-hydrogen) atoms. The van der Waals surface area contributed by atoms with Crippen LogP contribution in [0.15, 0.2) is 47.6 Å². The largest absolute Gasteiger partial charge is 0.507 e. The number of phenolic OH excluding ortho intramolecular Hbond substituents is 1. The van der Waals surface area contributed by atoms with Crippen LogP contribution in [0, 0.1) is 5.82 Å². The molecule has 0 aromatic heterocycles. The fourth-order valence-corrected chi connectivity index (χ4v) is 2.41.